The summed E-state index contributed by atoms with van der Waals surface area (Å²) in [6, 6.07) is 5.76. The maximum atomic E-state index is 11.4. The van der Waals surface area contributed by atoms with Gasteiger partial charge in [-0.3, -0.25) is 4.79 Å². The predicted octanol–water partition coefficient (Wildman–Crippen LogP) is 2.35. The summed E-state index contributed by atoms with van der Waals surface area (Å²) >= 11 is 0. The van der Waals surface area contributed by atoms with Gasteiger partial charge < -0.3 is 14.6 Å². The number of carboxylic acids is 1. The monoisotopic (exact) mass is 250 g/mol. The van der Waals surface area contributed by atoms with Crippen LogP contribution in [0.4, 0.5) is 0 Å². The number of aliphatic carboxylic acids is 1. The quantitative estimate of drug-likeness (QED) is 0.787. The molecule has 0 bridgehead atoms. The third-order valence-electron chi connectivity index (χ3n) is 3.46. The van der Waals surface area contributed by atoms with Gasteiger partial charge >= 0.3 is 5.97 Å². The fourth-order valence-corrected chi connectivity index (χ4v) is 2.14. The fraction of sp³-hybridized carbons (Fsp3) is 0.500. The summed E-state index contributed by atoms with van der Waals surface area (Å²) in [7, 11) is 1.55. The first kappa shape index (κ1) is 12.9. The number of rotatable bonds is 6. The first-order chi connectivity index (χ1) is 8.64. The molecule has 1 aliphatic rings. The number of ether oxygens (including phenoxy) is 2. The fourth-order valence-electron chi connectivity index (χ4n) is 2.14. The van der Waals surface area contributed by atoms with Crippen LogP contribution in [-0.4, -0.2) is 25.0 Å². The third kappa shape index (κ3) is 2.20. The zero-order chi connectivity index (χ0) is 13.2. The number of carboxylic acid groups (broad SMARTS) is 1. The zero-order valence-corrected chi connectivity index (χ0v) is 10.7. The van der Waals surface area contributed by atoms with Crippen molar-refractivity contribution in [3.63, 3.8) is 0 Å². The van der Waals surface area contributed by atoms with E-state index in [2.05, 4.69) is 6.92 Å². The molecule has 1 N–H and O–H groups in total. The number of hydrogen-bond donors (Lipinski definition) is 1. The van der Waals surface area contributed by atoms with Crippen molar-refractivity contribution in [2.75, 3.05) is 13.9 Å². The number of hydrogen-bond acceptors (Lipinski definition) is 3. The van der Waals surface area contributed by atoms with E-state index in [0.29, 0.717) is 18.6 Å². The Morgan fingerprint density at radius 2 is 2.17 bits per heavy atom. The second-order valence-electron chi connectivity index (χ2n) is 4.62. The van der Waals surface area contributed by atoms with Crippen molar-refractivity contribution in [1.29, 1.82) is 0 Å². The minimum atomic E-state index is -0.766. The van der Waals surface area contributed by atoms with Crippen LogP contribution in [0.5, 0.6) is 5.75 Å². The molecule has 1 aliphatic carbocycles. The van der Waals surface area contributed by atoms with Gasteiger partial charge in [0.05, 0.1) is 5.41 Å². The first-order valence-corrected chi connectivity index (χ1v) is 6.12. The highest BCUT2D eigenvalue weighted by Crippen LogP contribution is 2.51. The standard InChI is InChI=1S/C14H18O4/c1-3-10-4-5-12(18-9-17-2)11(8-10)14(6-7-14)13(15)16/h4-5,8H,3,6-7,9H2,1-2H3,(H,15,16). The van der Waals surface area contributed by atoms with Gasteiger partial charge in [-0.2, -0.15) is 0 Å². The molecule has 1 saturated carbocycles. The minimum Gasteiger partial charge on any atom is -0.481 e. The van der Waals surface area contributed by atoms with Gasteiger partial charge in [0.15, 0.2) is 6.79 Å². The lowest BCUT2D eigenvalue weighted by Gasteiger charge is -2.17. The molecule has 0 saturated heterocycles. The second-order valence-corrected chi connectivity index (χ2v) is 4.62. The Balaban J connectivity index is 2.38. The van der Waals surface area contributed by atoms with Crippen LogP contribution in [0, 0.1) is 0 Å². The van der Waals surface area contributed by atoms with Crippen LogP contribution < -0.4 is 4.74 Å². The molecule has 0 unspecified atom stereocenters. The number of methoxy groups -OCH3 is 1. The zero-order valence-electron chi connectivity index (χ0n) is 10.7. The number of benzene rings is 1. The molecule has 0 heterocycles. The molecule has 0 amide bonds. The lowest BCUT2D eigenvalue weighted by atomic mass is 9.93. The molecule has 2 rings (SSSR count). The van der Waals surface area contributed by atoms with E-state index in [1.807, 2.05) is 18.2 Å². The van der Waals surface area contributed by atoms with Gasteiger partial charge in [-0.25, -0.2) is 0 Å². The van der Waals surface area contributed by atoms with Gasteiger partial charge in [-0.1, -0.05) is 19.1 Å². The van der Waals surface area contributed by atoms with Gasteiger partial charge in [0.2, 0.25) is 0 Å². The van der Waals surface area contributed by atoms with Crippen LogP contribution in [0.15, 0.2) is 18.2 Å². The van der Waals surface area contributed by atoms with Crippen molar-refractivity contribution in [1.82, 2.24) is 0 Å². The maximum absolute atomic E-state index is 11.4. The van der Waals surface area contributed by atoms with Crippen LogP contribution in [-0.2, 0) is 21.4 Å². The Kier molecular flexibility index (Phi) is 3.57. The molecule has 0 aliphatic heterocycles. The van der Waals surface area contributed by atoms with E-state index in [0.717, 1.165) is 17.5 Å². The predicted molar refractivity (Wildman–Crippen MR) is 66.9 cm³/mol. The molecule has 0 spiro atoms. The summed E-state index contributed by atoms with van der Waals surface area (Å²) in [6.45, 7) is 2.18. The summed E-state index contributed by atoms with van der Waals surface area (Å²) in [5, 5.41) is 9.38. The first-order valence-electron chi connectivity index (χ1n) is 6.12. The Bertz CT molecular complexity index is 449. The van der Waals surface area contributed by atoms with Crippen molar-refractivity contribution in [3.8, 4) is 5.75 Å². The van der Waals surface area contributed by atoms with E-state index < -0.39 is 11.4 Å². The molecule has 1 aromatic rings. The highest BCUT2D eigenvalue weighted by Gasteiger charge is 2.53. The van der Waals surface area contributed by atoms with Crippen molar-refractivity contribution >= 4 is 5.97 Å². The average Bonchev–Trinajstić information content (AvgIpc) is 3.17. The maximum Gasteiger partial charge on any atom is 0.314 e. The average molecular weight is 250 g/mol. The molecular weight excluding hydrogens is 232 g/mol. The second kappa shape index (κ2) is 4.98. The summed E-state index contributed by atoms with van der Waals surface area (Å²) in [5.74, 6) is -0.146. The van der Waals surface area contributed by atoms with Gasteiger partial charge in [0, 0.05) is 12.7 Å². The van der Waals surface area contributed by atoms with Crippen LogP contribution in [0.2, 0.25) is 0 Å². The Labute approximate surface area is 107 Å². The molecule has 4 heteroatoms. The molecule has 0 atom stereocenters. The molecule has 0 aromatic heterocycles. The van der Waals surface area contributed by atoms with Crippen LogP contribution in [0.25, 0.3) is 0 Å². The Hall–Kier alpha value is -1.55. The number of aryl methyl sites for hydroxylation is 1. The van der Waals surface area contributed by atoms with E-state index in [4.69, 9.17) is 9.47 Å². The van der Waals surface area contributed by atoms with Crippen LogP contribution in [0.1, 0.15) is 30.9 Å². The third-order valence-corrected chi connectivity index (χ3v) is 3.46. The summed E-state index contributed by atoms with van der Waals surface area (Å²) in [5.41, 5.74) is 1.17. The van der Waals surface area contributed by atoms with Crippen molar-refractivity contribution in [2.45, 2.75) is 31.6 Å². The molecule has 1 aromatic carbocycles. The number of carbonyl (C=O) groups is 1. The van der Waals surface area contributed by atoms with Crippen molar-refractivity contribution < 1.29 is 19.4 Å². The van der Waals surface area contributed by atoms with E-state index in [1.54, 1.807) is 7.11 Å². The van der Waals surface area contributed by atoms with Crippen molar-refractivity contribution in [2.24, 2.45) is 0 Å². The SMILES string of the molecule is CCc1ccc(OCOC)c(C2(C(=O)O)CC2)c1. The van der Waals surface area contributed by atoms with E-state index >= 15 is 0 Å². The molecule has 4 nitrogen and oxygen atoms in total. The molecule has 18 heavy (non-hydrogen) atoms. The van der Waals surface area contributed by atoms with Gasteiger partial charge in [0.25, 0.3) is 0 Å². The van der Waals surface area contributed by atoms with Gasteiger partial charge in [0.1, 0.15) is 5.75 Å². The smallest absolute Gasteiger partial charge is 0.314 e. The Morgan fingerprint density at radius 1 is 1.44 bits per heavy atom. The van der Waals surface area contributed by atoms with Crippen LogP contribution >= 0.6 is 0 Å². The van der Waals surface area contributed by atoms with Crippen molar-refractivity contribution in [3.05, 3.63) is 29.3 Å². The van der Waals surface area contributed by atoms with E-state index in [9.17, 15) is 9.90 Å². The molecule has 1 fully saturated rings. The van der Waals surface area contributed by atoms with Crippen LogP contribution in [0.3, 0.4) is 0 Å². The van der Waals surface area contributed by atoms with E-state index in [1.165, 1.54) is 0 Å². The summed E-state index contributed by atoms with van der Waals surface area (Å²) in [4.78, 5) is 11.4. The lowest BCUT2D eigenvalue weighted by Crippen LogP contribution is -2.21. The Morgan fingerprint density at radius 3 is 2.67 bits per heavy atom. The minimum absolute atomic E-state index is 0.133. The highest BCUT2D eigenvalue weighted by molar-refractivity contribution is 5.86. The topological polar surface area (TPSA) is 55.8 Å². The molecule has 98 valence electrons. The van der Waals surface area contributed by atoms with E-state index in [-0.39, 0.29) is 6.79 Å². The molecular formula is C14H18O4. The van der Waals surface area contributed by atoms with Gasteiger partial charge in [-0.05, 0) is 30.9 Å². The summed E-state index contributed by atoms with van der Waals surface area (Å²) in [6.07, 6.45) is 2.24. The van der Waals surface area contributed by atoms with Gasteiger partial charge in [-0.15, -0.1) is 0 Å². The largest absolute Gasteiger partial charge is 0.481 e. The lowest BCUT2D eigenvalue weighted by molar-refractivity contribution is -0.140. The highest BCUT2D eigenvalue weighted by atomic mass is 16.7. The normalized spacial score (nSPS) is 16.3. The summed E-state index contributed by atoms with van der Waals surface area (Å²) < 4.78 is 10.4. The molecule has 0 radical (unpaired) electrons.